The second-order valence-electron chi connectivity index (χ2n) is 5.00. The largest absolute Gasteiger partial charge is 0.360 e. The van der Waals surface area contributed by atoms with E-state index in [0.29, 0.717) is 16.6 Å². The van der Waals surface area contributed by atoms with Crippen LogP contribution >= 0.6 is 0 Å². The van der Waals surface area contributed by atoms with Crippen LogP contribution in [0.25, 0.3) is 10.9 Å². The number of benzene rings is 1. The van der Waals surface area contributed by atoms with Crippen molar-refractivity contribution in [2.75, 3.05) is 0 Å². The molecule has 21 heavy (non-hydrogen) atoms. The molecule has 2 aromatic heterocycles. The van der Waals surface area contributed by atoms with Gasteiger partial charge in [0.2, 0.25) is 11.2 Å². The Morgan fingerprint density at radius 1 is 1.10 bits per heavy atom. The van der Waals surface area contributed by atoms with Gasteiger partial charge in [-0.25, -0.2) is 4.98 Å². The first-order chi connectivity index (χ1) is 10.1. The zero-order chi connectivity index (χ0) is 15.0. The maximum Gasteiger partial charge on any atom is 0.216 e. The smallest absolute Gasteiger partial charge is 0.216 e. The van der Waals surface area contributed by atoms with E-state index in [1.165, 1.54) is 6.20 Å². The first-order valence-corrected chi connectivity index (χ1v) is 6.67. The van der Waals surface area contributed by atoms with E-state index in [2.05, 4.69) is 9.97 Å². The molecule has 0 aliphatic rings. The number of ketones is 1. The first kappa shape index (κ1) is 13.2. The molecular formula is C17H14N2O2. The Morgan fingerprint density at radius 3 is 2.62 bits per heavy atom. The van der Waals surface area contributed by atoms with E-state index in [1.54, 1.807) is 24.3 Å². The number of nitrogens with one attached hydrogen (secondary N) is 1. The fourth-order valence-corrected chi connectivity index (χ4v) is 2.23. The number of hydrogen-bond acceptors (Lipinski definition) is 3. The standard InChI is InChI=1S/C17H14N2O2/c1-10-7-8-15(19-11(10)2)17(21)13-9-18-14-6-4-3-5-12(14)16(13)20/h3-9H,1-2H3,(H,18,20). The minimum atomic E-state index is -0.356. The molecule has 104 valence electrons. The Morgan fingerprint density at radius 2 is 1.86 bits per heavy atom. The number of carbonyl (C=O) groups is 1. The summed E-state index contributed by atoms with van der Waals surface area (Å²) in [4.78, 5) is 32.2. The van der Waals surface area contributed by atoms with Crippen LogP contribution < -0.4 is 5.43 Å². The van der Waals surface area contributed by atoms with Gasteiger partial charge < -0.3 is 4.98 Å². The predicted molar refractivity (Wildman–Crippen MR) is 81.7 cm³/mol. The molecule has 1 N–H and O–H groups in total. The average molecular weight is 278 g/mol. The van der Waals surface area contributed by atoms with Crippen LogP contribution in [-0.2, 0) is 0 Å². The Hall–Kier alpha value is -2.75. The monoisotopic (exact) mass is 278 g/mol. The fourth-order valence-electron chi connectivity index (χ4n) is 2.23. The summed E-state index contributed by atoms with van der Waals surface area (Å²) in [6.07, 6.45) is 1.46. The van der Waals surface area contributed by atoms with Gasteiger partial charge in [-0.3, -0.25) is 9.59 Å². The van der Waals surface area contributed by atoms with Gasteiger partial charge in [0, 0.05) is 22.8 Å². The second-order valence-corrected chi connectivity index (χ2v) is 5.00. The molecule has 3 aromatic rings. The van der Waals surface area contributed by atoms with Crippen molar-refractivity contribution in [1.82, 2.24) is 9.97 Å². The minimum absolute atomic E-state index is 0.115. The van der Waals surface area contributed by atoms with Crippen molar-refractivity contribution in [2.45, 2.75) is 13.8 Å². The van der Waals surface area contributed by atoms with Gasteiger partial charge in [-0.2, -0.15) is 0 Å². The number of rotatable bonds is 2. The van der Waals surface area contributed by atoms with Gasteiger partial charge in [-0.15, -0.1) is 0 Å². The summed E-state index contributed by atoms with van der Waals surface area (Å²) in [5.74, 6) is -0.356. The Labute approximate surface area is 121 Å². The van der Waals surface area contributed by atoms with Crippen LogP contribution in [0.5, 0.6) is 0 Å². The highest BCUT2D eigenvalue weighted by Crippen LogP contribution is 2.11. The minimum Gasteiger partial charge on any atom is -0.360 e. The lowest BCUT2D eigenvalue weighted by Gasteiger charge is -2.05. The van der Waals surface area contributed by atoms with Crippen molar-refractivity contribution in [2.24, 2.45) is 0 Å². The molecule has 0 spiro atoms. The molecule has 0 aliphatic carbocycles. The van der Waals surface area contributed by atoms with Crippen molar-refractivity contribution in [3.05, 3.63) is 75.3 Å². The number of para-hydroxylation sites is 1. The zero-order valence-electron chi connectivity index (χ0n) is 11.8. The number of aryl methyl sites for hydroxylation is 2. The predicted octanol–water partition coefficient (Wildman–Crippen LogP) is 2.77. The maximum absolute atomic E-state index is 12.5. The Kier molecular flexibility index (Phi) is 3.14. The Bertz CT molecular complexity index is 910. The molecule has 0 saturated heterocycles. The summed E-state index contributed by atoms with van der Waals surface area (Å²) in [7, 11) is 0. The van der Waals surface area contributed by atoms with E-state index in [9.17, 15) is 9.59 Å². The molecule has 0 atom stereocenters. The van der Waals surface area contributed by atoms with Gasteiger partial charge in [0.1, 0.15) is 5.69 Å². The maximum atomic E-state index is 12.5. The SMILES string of the molecule is Cc1ccc(C(=O)c2c[nH]c3ccccc3c2=O)nc1C. The molecular weight excluding hydrogens is 264 g/mol. The van der Waals surface area contributed by atoms with Crippen molar-refractivity contribution in [3.63, 3.8) is 0 Å². The lowest BCUT2D eigenvalue weighted by molar-refractivity contribution is 0.103. The highest BCUT2D eigenvalue weighted by Gasteiger charge is 2.16. The van der Waals surface area contributed by atoms with Gasteiger partial charge in [0.15, 0.2) is 0 Å². The molecule has 0 saturated carbocycles. The number of H-pyrrole nitrogens is 1. The van der Waals surface area contributed by atoms with Crippen molar-refractivity contribution in [1.29, 1.82) is 0 Å². The Balaban J connectivity index is 2.15. The second kappa shape index (κ2) is 4.98. The van der Waals surface area contributed by atoms with Gasteiger partial charge in [0.05, 0.1) is 5.56 Å². The number of pyridine rings is 2. The van der Waals surface area contributed by atoms with Gasteiger partial charge >= 0.3 is 0 Å². The zero-order valence-corrected chi connectivity index (χ0v) is 11.8. The number of aromatic nitrogens is 2. The van der Waals surface area contributed by atoms with Crippen LogP contribution in [0.1, 0.15) is 27.3 Å². The van der Waals surface area contributed by atoms with Crippen LogP contribution in [0.4, 0.5) is 0 Å². The van der Waals surface area contributed by atoms with E-state index >= 15 is 0 Å². The molecule has 4 nitrogen and oxygen atoms in total. The van der Waals surface area contributed by atoms with E-state index in [4.69, 9.17) is 0 Å². The summed E-state index contributed by atoms with van der Waals surface area (Å²) in [6, 6.07) is 10.6. The van der Waals surface area contributed by atoms with E-state index in [1.807, 2.05) is 26.0 Å². The van der Waals surface area contributed by atoms with Crippen LogP contribution in [-0.4, -0.2) is 15.8 Å². The van der Waals surface area contributed by atoms with Crippen LogP contribution in [0.3, 0.4) is 0 Å². The third-order valence-corrected chi connectivity index (χ3v) is 3.62. The molecule has 0 radical (unpaired) electrons. The molecule has 0 aliphatic heterocycles. The molecule has 0 unspecified atom stereocenters. The molecule has 0 amide bonds. The van der Waals surface area contributed by atoms with E-state index in [-0.39, 0.29) is 16.8 Å². The summed E-state index contributed by atoms with van der Waals surface area (Å²) in [6.45, 7) is 3.77. The molecule has 2 heterocycles. The number of fused-ring (bicyclic) bond motifs is 1. The first-order valence-electron chi connectivity index (χ1n) is 6.67. The number of carbonyl (C=O) groups excluding carboxylic acids is 1. The third kappa shape index (κ3) is 2.25. The average Bonchev–Trinajstić information content (AvgIpc) is 2.50. The van der Waals surface area contributed by atoms with Gasteiger partial charge in [-0.05, 0) is 37.6 Å². The van der Waals surface area contributed by atoms with Gasteiger partial charge in [0.25, 0.3) is 0 Å². The lowest BCUT2D eigenvalue weighted by atomic mass is 10.1. The highest BCUT2D eigenvalue weighted by atomic mass is 16.1. The van der Waals surface area contributed by atoms with Crippen LogP contribution in [0.15, 0.2) is 47.4 Å². The normalized spacial score (nSPS) is 10.8. The third-order valence-electron chi connectivity index (χ3n) is 3.62. The van der Waals surface area contributed by atoms with Crippen molar-refractivity contribution < 1.29 is 4.79 Å². The summed E-state index contributed by atoms with van der Waals surface area (Å²) in [5.41, 5.74) is 2.65. The van der Waals surface area contributed by atoms with E-state index in [0.717, 1.165) is 11.3 Å². The molecule has 4 heteroatoms. The van der Waals surface area contributed by atoms with Crippen molar-refractivity contribution >= 4 is 16.7 Å². The molecule has 1 aromatic carbocycles. The molecule has 0 bridgehead atoms. The van der Waals surface area contributed by atoms with Gasteiger partial charge in [-0.1, -0.05) is 18.2 Å². The number of hydrogen-bond donors (Lipinski definition) is 1. The number of nitrogens with zero attached hydrogens (tertiary/aromatic N) is 1. The van der Waals surface area contributed by atoms with E-state index < -0.39 is 0 Å². The lowest BCUT2D eigenvalue weighted by Crippen LogP contribution is -2.18. The summed E-state index contributed by atoms with van der Waals surface area (Å²) < 4.78 is 0. The van der Waals surface area contributed by atoms with Crippen LogP contribution in [0.2, 0.25) is 0 Å². The summed E-state index contributed by atoms with van der Waals surface area (Å²) >= 11 is 0. The van der Waals surface area contributed by atoms with Crippen molar-refractivity contribution in [3.8, 4) is 0 Å². The summed E-state index contributed by atoms with van der Waals surface area (Å²) in [5, 5.41) is 0.507. The highest BCUT2D eigenvalue weighted by molar-refractivity contribution is 6.08. The molecule has 0 fully saturated rings. The molecule has 3 rings (SSSR count). The van der Waals surface area contributed by atoms with Crippen LogP contribution in [0, 0.1) is 13.8 Å². The quantitative estimate of drug-likeness (QED) is 0.733. The number of aromatic amines is 1. The topological polar surface area (TPSA) is 62.8 Å². The fraction of sp³-hybridized carbons (Fsp3) is 0.118.